The van der Waals surface area contributed by atoms with Crippen LogP contribution in [0.5, 0.6) is 0 Å². The first-order chi connectivity index (χ1) is 13.3. The highest BCUT2D eigenvalue weighted by Gasteiger charge is 2.25. The first-order valence-corrected chi connectivity index (χ1v) is 9.91. The molecule has 2 aliphatic rings. The second-order valence-corrected chi connectivity index (χ2v) is 7.56. The molecule has 4 rings (SSSR count). The summed E-state index contributed by atoms with van der Waals surface area (Å²) in [6.45, 7) is 3.57. The third-order valence-corrected chi connectivity index (χ3v) is 5.58. The summed E-state index contributed by atoms with van der Waals surface area (Å²) in [5, 5.41) is 4.16. The van der Waals surface area contributed by atoms with Crippen LogP contribution in [0.1, 0.15) is 49.7 Å². The Labute approximate surface area is 158 Å². The smallest absolute Gasteiger partial charge is 0.242 e. The van der Waals surface area contributed by atoms with Crippen LogP contribution >= 0.6 is 0 Å². The van der Waals surface area contributed by atoms with Gasteiger partial charge in [0.2, 0.25) is 11.8 Å². The lowest BCUT2D eigenvalue weighted by atomic mass is 9.93. The largest absolute Gasteiger partial charge is 0.381 e. The molecule has 0 bridgehead atoms. The molecule has 2 aromatic heterocycles. The quantitative estimate of drug-likeness (QED) is 0.770. The zero-order valence-electron chi connectivity index (χ0n) is 15.6. The van der Waals surface area contributed by atoms with Crippen molar-refractivity contribution in [2.75, 3.05) is 26.3 Å². The summed E-state index contributed by atoms with van der Waals surface area (Å²) in [6, 6.07) is 0. The van der Waals surface area contributed by atoms with Gasteiger partial charge < -0.3 is 18.7 Å². The number of ether oxygens (including phenoxy) is 1. The number of aryl methyl sites for hydroxylation is 1. The molecule has 0 spiro atoms. The lowest BCUT2D eigenvalue weighted by Crippen LogP contribution is -2.41. The van der Waals surface area contributed by atoms with E-state index in [0.29, 0.717) is 18.4 Å². The van der Waals surface area contributed by atoms with E-state index in [-0.39, 0.29) is 5.91 Å². The Morgan fingerprint density at radius 1 is 1.26 bits per heavy atom. The SMILES string of the molecule is O=C(Cn1ccnc1)N1CCCC(CCc2noc(C3CCOCC3)n2)C1. The Bertz CT molecular complexity index is 724. The molecule has 0 aromatic carbocycles. The summed E-state index contributed by atoms with van der Waals surface area (Å²) in [7, 11) is 0. The number of amides is 1. The Morgan fingerprint density at radius 2 is 2.15 bits per heavy atom. The van der Waals surface area contributed by atoms with Crippen LogP contribution in [0.3, 0.4) is 0 Å². The molecule has 8 heteroatoms. The van der Waals surface area contributed by atoms with Crippen molar-refractivity contribution in [2.24, 2.45) is 5.92 Å². The molecule has 4 heterocycles. The van der Waals surface area contributed by atoms with E-state index < -0.39 is 0 Å². The van der Waals surface area contributed by atoms with E-state index in [2.05, 4.69) is 15.1 Å². The van der Waals surface area contributed by atoms with Gasteiger partial charge in [0, 0.05) is 51.0 Å². The number of aromatic nitrogens is 4. The van der Waals surface area contributed by atoms with Crippen LogP contribution in [0.4, 0.5) is 0 Å². The molecule has 8 nitrogen and oxygen atoms in total. The average Bonchev–Trinajstić information content (AvgIpc) is 3.39. The van der Waals surface area contributed by atoms with Gasteiger partial charge in [-0.2, -0.15) is 4.98 Å². The number of carbonyl (C=O) groups is 1. The minimum atomic E-state index is 0.166. The maximum atomic E-state index is 12.5. The highest BCUT2D eigenvalue weighted by molar-refractivity contribution is 5.76. The molecule has 0 radical (unpaired) electrons. The van der Waals surface area contributed by atoms with Crippen molar-refractivity contribution in [1.29, 1.82) is 0 Å². The van der Waals surface area contributed by atoms with E-state index in [9.17, 15) is 4.79 Å². The zero-order chi connectivity index (χ0) is 18.5. The molecule has 2 fully saturated rings. The summed E-state index contributed by atoms with van der Waals surface area (Å²) in [5.74, 6) is 2.55. The van der Waals surface area contributed by atoms with Crippen molar-refractivity contribution in [3.8, 4) is 0 Å². The molecule has 1 unspecified atom stereocenters. The number of piperidine rings is 1. The van der Waals surface area contributed by atoms with Crippen molar-refractivity contribution < 1.29 is 14.1 Å². The fraction of sp³-hybridized carbons (Fsp3) is 0.684. The number of nitrogens with zero attached hydrogens (tertiary/aromatic N) is 5. The normalized spacial score (nSPS) is 21.5. The first-order valence-electron chi connectivity index (χ1n) is 9.91. The van der Waals surface area contributed by atoms with Gasteiger partial charge in [0.15, 0.2) is 5.82 Å². The number of hydrogen-bond donors (Lipinski definition) is 0. The standard InChI is InChI=1S/C19H27N5O3/c25-18(13-23-9-7-20-14-23)24-8-1-2-15(12-24)3-4-17-21-19(27-22-17)16-5-10-26-11-6-16/h7,9,14-16H,1-6,8,10-13H2. The molecule has 2 aliphatic heterocycles. The fourth-order valence-electron chi connectivity index (χ4n) is 3.98. The molecular weight excluding hydrogens is 346 g/mol. The zero-order valence-corrected chi connectivity index (χ0v) is 15.6. The van der Waals surface area contributed by atoms with Crippen molar-refractivity contribution in [1.82, 2.24) is 24.6 Å². The van der Waals surface area contributed by atoms with E-state index in [1.54, 1.807) is 12.5 Å². The van der Waals surface area contributed by atoms with Crippen LogP contribution in [-0.2, 0) is 22.5 Å². The number of imidazole rings is 1. The Balaban J connectivity index is 1.25. The fourth-order valence-corrected chi connectivity index (χ4v) is 3.98. The molecule has 27 heavy (non-hydrogen) atoms. The van der Waals surface area contributed by atoms with Crippen LogP contribution in [-0.4, -0.2) is 56.8 Å². The number of hydrogen-bond acceptors (Lipinski definition) is 6. The molecule has 0 N–H and O–H groups in total. The first kappa shape index (κ1) is 18.2. The van der Waals surface area contributed by atoms with E-state index in [0.717, 1.165) is 76.5 Å². The third kappa shape index (κ3) is 4.74. The monoisotopic (exact) mass is 373 g/mol. The second-order valence-electron chi connectivity index (χ2n) is 7.56. The molecule has 0 saturated carbocycles. The lowest BCUT2D eigenvalue weighted by Gasteiger charge is -2.32. The van der Waals surface area contributed by atoms with Gasteiger partial charge in [-0.1, -0.05) is 5.16 Å². The molecule has 0 aliphatic carbocycles. The van der Waals surface area contributed by atoms with Crippen molar-refractivity contribution in [3.05, 3.63) is 30.4 Å². The number of carbonyl (C=O) groups excluding carboxylic acids is 1. The maximum Gasteiger partial charge on any atom is 0.242 e. The average molecular weight is 373 g/mol. The summed E-state index contributed by atoms with van der Waals surface area (Å²) in [4.78, 5) is 23.1. The van der Waals surface area contributed by atoms with E-state index in [1.807, 2.05) is 15.7 Å². The Morgan fingerprint density at radius 3 is 2.96 bits per heavy atom. The lowest BCUT2D eigenvalue weighted by molar-refractivity contribution is -0.133. The maximum absolute atomic E-state index is 12.5. The van der Waals surface area contributed by atoms with Gasteiger partial charge in [-0.15, -0.1) is 0 Å². The third-order valence-electron chi connectivity index (χ3n) is 5.58. The van der Waals surface area contributed by atoms with Crippen molar-refractivity contribution in [2.45, 2.75) is 51.0 Å². The Kier molecular flexibility index (Phi) is 5.81. The van der Waals surface area contributed by atoms with E-state index >= 15 is 0 Å². The highest BCUT2D eigenvalue weighted by Crippen LogP contribution is 2.26. The summed E-state index contributed by atoms with van der Waals surface area (Å²) >= 11 is 0. The van der Waals surface area contributed by atoms with Crippen LogP contribution in [0.15, 0.2) is 23.2 Å². The predicted octanol–water partition coefficient (Wildman–Crippen LogP) is 2.03. The number of rotatable bonds is 6. The van der Waals surface area contributed by atoms with Gasteiger partial charge in [0.25, 0.3) is 0 Å². The van der Waals surface area contributed by atoms with Crippen molar-refractivity contribution in [3.63, 3.8) is 0 Å². The molecule has 2 aromatic rings. The van der Waals surface area contributed by atoms with Crippen LogP contribution < -0.4 is 0 Å². The topological polar surface area (TPSA) is 86.3 Å². The second kappa shape index (κ2) is 8.65. The van der Waals surface area contributed by atoms with Crippen LogP contribution in [0, 0.1) is 5.92 Å². The predicted molar refractivity (Wildman–Crippen MR) is 96.9 cm³/mol. The van der Waals surface area contributed by atoms with Crippen LogP contribution in [0.25, 0.3) is 0 Å². The summed E-state index contributed by atoms with van der Waals surface area (Å²) < 4.78 is 12.7. The number of likely N-dealkylation sites (tertiary alicyclic amines) is 1. The van der Waals surface area contributed by atoms with Gasteiger partial charge in [0.05, 0.1) is 6.33 Å². The van der Waals surface area contributed by atoms with Gasteiger partial charge in [-0.3, -0.25) is 4.79 Å². The molecule has 2 saturated heterocycles. The van der Waals surface area contributed by atoms with Crippen LogP contribution in [0.2, 0.25) is 0 Å². The highest BCUT2D eigenvalue weighted by atomic mass is 16.5. The van der Waals surface area contributed by atoms with Crippen molar-refractivity contribution >= 4 is 5.91 Å². The molecule has 1 atom stereocenters. The van der Waals surface area contributed by atoms with Gasteiger partial charge >= 0.3 is 0 Å². The minimum Gasteiger partial charge on any atom is -0.381 e. The summed E-state index contributed by atoms with van der Waals surface area (Å²) in [5.41, 5.74) is 0. The van der Waals surface area contributed by atoms with Gasteiger partial charge in [-0.25, -0.2) is 4.98 Å². The molecule has 1 amide bonds. The molecular formula is C19H27N5O3. The van der Waals surface area contributed by atoms with E-state index in [4.69, 9.17) is 9.26 Å². The summed E-state index contributed by atoms with van der Waals surface area (Å²) in [6.07, 6.45) is 11.1. The Hall–Kier alpha value is -2.22. The molecule has 146 valence electrons. The van der Waals surface area contributed by atoms with Gasteiger partial charge in [0.1, 0.15) is 6.54 Å². The van der Waals surface area contributed by atoms with Gasteiger partial charge in [-0.05, 0) is 38.0 Å². The minimum absolute atomic E-state index is 0.166. The van der Waals surface area contributed by atoms with E-state index in [1.165, 1.54) is 0 Å².